The van der Waals surface area contributed by atoms with Gasteiger partial charge < -0.3 is 34.6 Å². The van der Waals surface area contributed by atoms with Crippen LogP contribution in [0, 0.1) is 0 Å². The topological polar surface area (TPSA) is 135 Å². The average molecular weight is 579 g/mol. The molecular weight excluding hydrogens is 551 g/mol. The van der Waals surface area contributed by atoms with Crippen LogP contribution in [-0.2, 0) is 20.9 Å². The van der Waals surface area contributed by atoms with Crippen LogP contribution >= 0.6 is 23.2 Å². The number of aldehydes is 1. The largest absolute Gasteiger partial charge is 0.493 e. The maximum Gasteiger partial charge on any atom is 0.249 e. The van der Waals surface area contributed by atoms with Gasteiger partial charge in [0.15, 0.2) is 11.5 Å². The molecule has 39 heavy (non-hydrogen) atoms. The summed E-state index contributed by atoms with van der Waals surface area (Å²) in [4.78, 5) is 39.6. The number of methoxy groups -OCH3 is 2. The molecule has 4 atom stereocenters. The van der Waals surface area contributed by atoms with Crippen LogP contribution in [0.15, 0.2) is 42.0 Å². The first-order chi connectivity index (χ1) is 18.7. The van der Waals surface area contributed by atoms with Crippen molar-refractivity contribution in [1.29, 1.82) is 0 Å². The molecule has 10 nitrogen and oxygen atoms in total. The quantitative estimate of drug-likeness (QED) is 0.365. The second-order valence-electron chi connectivity index (χ2n) is 9.09. The zero-order valence-corrected chi connectivity index (χ0v) is 22.7. The van der Waals surface area contributed by atoms with Crippen LogP contribution in [0.2, 0.25) is 10.0 Å². The fraction of sp³-hybridized carbons (Fsp3) is 0.370. The maximum absolute atomic E-state index is 13.3. The fourth-order valence-corrected chi connectivity index (χ4v) is 5.43. The van der Waals surface area contributed by atoms with Crippen LogP contribution in [0.4, 0.5) is 0 Å². The Kier molecular flexibility index (Phi) is 9.14. The Morgan fingerprint density at radius 1 is 1.21 bits per heavy atom. The van der Waals surface area contributed by atoms with Crippen LogP contribution in [0.1, 0.15) is 27.4 Å². The lowest BCUT2D eigenvalue weighted by Gasteiger charge is -2.40. The van der Waals surface area contributed by atoms with Crippen molar-refractivity contribution in [3.8, 4) is 11.5 Å². The van der Waals surface area contributed by atoms with Crippen molar-refractivity contribution in [3.05, 3.63) is 68.7 Å². The van der Waals surface area contributed by atoms with E-state index in [4.69, 9.17) is 37.4 Å². The molecule has 4 rings (SSSR count). The lowest BCUT2D eigenvalue weighted by atomic mass is 9.77. The monoisotopic (exact) mass is 578 g/mol. The van der Waals surface area contributed by atoms with E-state index in [0.29, 0.717) is 33.0 Å². The predicted octanol–water partition coefficient (Wildman–Crippen LogP) is 2.11. The summed E-state index contributed by atoms with van der Waals surface area (Å²) >= 11 is 12.4. The molecular formula is C27H28Cl2N2O8. The minimum atomic E-state index is -1.30. The Bertz CT molecular complexity index is 1300. The van der Waals surface area contributed by atoms with Gasteiger partial charge in [0.25, 0.3) is 0 Å². The number of ether oxygens (including phenoxy) is 3. The Morgan fingerprint density at radius 3 is 2.62 bits per heavy atom. The average Bonchev–Trinajstić information content (AvgIpc) is 3.31. The summed E-state index contributed by atoms with van der Waals surface area (Å²) < 4.78 is 16.7. The van der Waals surface area contributed by atoms with Crippen molar-refractivity contribution in [2.45, 2.75) is 30.7 Å². The van der Waals surface area contributed by atoms with Crippen LogP contribution in [0.5, 0.6) is 11.5 Å². The molecule has 0 spiro atoms. The highest BCUT2D eigenvalue weighted by Gasteiger charge is 2.51. The first kappa shape index (κ1) is 28.8. The van der Waals surface area contributed by atoms with Crippen molar-refractivity contribution in [1.82, 2.24) is 10.2 Å². The number of rotatable bonds is 10. The number of amides is 2. The van der Waals surface area contributed by atoms with Gasteiger partial charge in [-0.25, -0.2) is 0 Å². The number of aliphatic hydroxyl groups is 2. The molecule has 2 amide bonds. The van der Waals surface area contributed by atoms with Crippen molar-refractivity contribution in [2.24, 2.45) is 0 Å². The summed E-state index contributed by atoms with van der Waals surface area (Å²) in [6.45, 7) is -0.618. The molecule has 0 saturated carbocycles. The van der Waals surface area contributed by atoms with E-state index in [1.165, 1.54) is 31.3 Å². The van der Waals surface area contributed by atoms with E-state index in [1.807, 2.05) is 0 Å². The molecule has 2 aromatic rings. The minimum Gasteiger partial charge on any atom is -0.493 e. The second-order valence-corrected chi connectivity index (χ2v) is 9.94. The van der Waals surface area contributed by atoms with Crippen LogP contribution < -0.4 is 14.8 Å². The summed E-state index contributed by atoms with van der Waals surface area (Å²) in [7, 11) is 2.79. The van der Waals surface area contributed by atoms with Gasteiger partial charge in [-0.05, 0) is 35.9 Å². The first-order valence-corrected chi connectivity index (χ1v) is 12.8. The van der Waals surface area contributed by atoms with Crippen molar-refractivity contribution in [2.75, 3.05) is 34.0 Å². The van der Waals surface area contributed by atoms with Gasteiger partial charge in [0.1, 0.15) is 25.1 Å². The minimum absolute atomic E-state index is 0.0150. The standard InChI is InChI=1S/C27H28Cl2N2O8/c1-37-13-22(34)31(11-15-3-4-16(28)9-19(15)29)20-10-18(27(36)30-5-6-32)23-17-7-14(12-33)8-21(38-2)25(17)39-26(23)24(20)35/h3-4,7-10,12,20,23-24,26,32,35H,5-6,11,13H2,1-2H3,(H,30,36). The zero-order valence-electron chi connectivity index (χ0n) is 21.2. The number of nitrogens with one attached hydrogen (secondary N) is 1. The third kappa shape index (κ3) is 5.75. The lowest BCUT2D eigenvalue weighted by Crippen LogP contribution is -2.56. The molecule has 0 radical (unpaired) electrons. The number of aliphatic hydroxyl groups excluding tert-OH is 2. The highest BCUT2D eigenvalue weighted by Crippen LogP contribution is 2.51. The molecule has 0 saturated heterocycles. The molecule has 0 aromatic heterocycles. The van der Waals surface area contributed by atoms with Gasteiger partial charge >= 0.3 is 0 Å². The SMILES string of the molecule is COCC(=O)N(Cc1ccc(Cl)cc1Cl)C1C=C(C(=O)NCCO)C2c3cc(C=O)cc(OC)c3OC2C1O. The highest BCUT2D eigenvalue weighted by molar-refractivity contribution is 6.35. The number of carbonyl (C=O) groups excluding carboxylic acids is 3. The number of carbonyl (C=O) groups is 3. The Labute approximate surface area is 235 Å². The molecule has 0 bridgehead atoms. The Balaban J connectivity index is 1.83. The zero-order chi connectivity index (χ0) is 28.3. The summed E-state index contributed by atoms with van der Waals surface area (Å²) in [5.74, 6) is -1.21. The molecule has 208 valence electrons. The van der Waals surface area contributed by atoms with Crippen LogP contribution in [0.3, 0.4) is 0 Å². The smallest absolute Gasteiger partial charge is 0.249 e. The number of nitrogens with zero attached hydrogens (tertiary/aromatic N) is 1. The van der Waals surface area contributed by atoms with E-state index >= 15 is 0 Å². The lowest BCUT2D eigenvalue weighted by molar-refractivity contribution is -0.141. The number of fused-ring (bicyclic) bond motifs is 3. The molecule has 2 aromatic carbocycles. The fourth-order valence-electron chi connectivity index (χ4n) is 4.96. The molecule has 1 heterocycles. The molecule has 2 aliphatic rings. The van der Waals surface area contributed by atoms with Crippen LogP contribution in [-0.4, -0.2) is 85.4 Å². The van der Waals surface area contributed by atoms with E-state index in [9.17, 15) is 24.6 Å². The summed E-state index contributed by atoms with van der Waals surface area (Å²) in [6, 6.07) is 6.90. The molecule has 3 N–H and O–H groups in total. The molecule has 4 unspecified atom stereocenters. The Morgan fingerprint density at radius 2 is 1.97 bits per heavy atom. The summed E-state index contributed by atoms with van der Waals surface area (Å²) in [5.41, 5.74) is 1.55. The van der Waals surface area contributed by atoms with E-state index in [-0.39, 0.29) is 43.4 Å². The van der Waals surface area contributed by atoms with E-state index < -0.39 is 36.0 Å². The van der Waals surface area contributed by atoms with Gasteiger partial charge in [0.2, 0.25) is 11.8 Å². The third-order valence-electron chi connectivity index (χ3n) is 6.71. The van der Waals surface area contributed by atoms with Crippen molar-refractivity contribution >= 4 is 41.3 Å². The van der Waals surface area contributed by atoms with Crippen molar-refractivity contribution in [3.63, 3.8) is 0 Å². The normalized spacial score (nSPS) is 21.2. The van der Waals surface area contributed by atoms with Gasteiger partial charge in [-0.15, -0.1) is 0 Å². The molecule has 1 aliphatic carbocycles. The van der Waals surface area contributed by atoms with Gasteiger partial charge in [-0.1, -0.05) is 29.3 Å². The van der Waals surface area contributed by atoms with Gasteiger partial charge in [0, 0.05) is 46.9 Å². The predicted molar refractivity (Wildman–Crippen MR) is 142 cm³/mol. The summed E-state index contributed by atoms with van der Waals surface area (Å²) in [5, 5.41) is 24.3. The molecule has 1 aliphatic heterocycles. The second kappa shape index (κ2) is 12.4. The van der Waals surface area contributed by atoms with Crippen LogP contribution in [0.25, 0.3) is 0 Å². The number of benzene rings is 2. The summed E-state index contributed by atoms with van der Waals surface area (Å²) in [6.07, 6.45) is -0.143. The number of halogens is 2. The maximum atomic E-state index is 13.3. The highest BCUT2D eigenvalue weighted by atomic mass is 35.5. The number of hydrogen-bond donors (Lipinski definition) is 3. The molecule has 0 fully saturated rings. The van der Waals surface area contributed by atoms with E-state index in [0.717, 1.165) is 0 Å². The van der Waals surface area contributed by atoms with E-state index in [2.05, 4.69) is 5.32 Å². The van der Waals surface area contributed by atoms with Gasteiger partial charge in [-0.3, -0.25) is 14.4 Å². The third-order valence-corrected chi connectivity index (χ3v) is 7.30. The first-order valence-electron chi connectivity index (χ1n) is 12.1. The number of hydrogen-bond acceptors (Lipinski definition) is 8. The van der Waals surface area contributed by atoms with Gasteiger partial charge in [0.05, 0.1) is 25.7 Å². The molecule has 12 heteroatoms. The Hall–Kier alpha value is -3.15. The van der Waals surface area contributed by atoms with Gasteiger partial charge in [-0.2, -0.15) is 0 Å². The van der Waals surface area contributed by atoms with E-state index in [1.54, 1.807) is 24.3 Å². The van der Waals surface area contributed by atoms with Crippen molar-refractivity contribution < 1.29 is 38.8 Å².